The maximum Gasteiger partial charge on any atom is 0.311 e. The number of nitrogens with zero attached hydrogens (tertiary/aromatic N) is 6. The van der Waals surface area contributed by atoms with E-state index in [4.69, 9.17) is 10.00 Å². The van der Waals surface area contributed by atoms with Crippen LogP contribution in [-0.2, 0) is 9.53 Å². The van der Waals surface area contributed by atoms with Crippen molar-refractivity contribution < 1.29 is 14.6 Å². The first kappa shape index (κ1) is 31.1. The molecule has 9 heteroatoms. The van der Waals surface area contributed by atoms with E-state index in [1.807, 2.05) is 68.1 Å². The van der Waals surface area contributed by atoms with Crippen molar-refractivity contribution in [2.45, 2.75) is 47.0 Å². The summed E-state index contributed by atoms with van der Waals surface area (Å²) in [7, 11) is 0. The SMILES string of the molecule is CCCC(C)(CC)C(=O)OCCN(CCO)c1ccc(N=Nc2ccc(N=Nc3ccc(C#N)cc3)cc2C)cc1. The molecule has 0 fully saturated rings. The lowest BCUT2D eigenvalue weighted by atomic mass is 9.83. The average Bonchev–Trinajstić information content (AvgIpc) is 2.99. The number of rotatable bonds is 14. The van der Waals surface area contributed by atoms with Gasteiger partial charge in [0.05, 0.1) is 52.9 Å². The third kappa shape index (κ3) is 9.05. The van der Waals surface area contributed by atoms with Crippen molar-refractivity contribution >= 4 is 34.4 Å². The Morgan fingerprint density at radius 1 is 0.927 bits per heavy atom. The van der Waals surface area contributed by atoms with Gasteiger partial charge in [0, 0.05) is 12.2 Å². The molecular weight excluding hydrogens is 516 g/mol. The molecule has 0 aliphatic rings. The second kappa shape index (κ2) is 15.4. The Bertz CT molecular complexity index is 1380. The number of aliphatic hydroxyl groups is 1. The van der Waals surface area contributed by atoms with Crippen LogP contribution in [0.2, 0.25) is 0 Å². The molecule has 0 aliphatic heterocycles. The summed E-state index contributed by atoms with van der Waals surface area (Å²) in [6.07, 6.45) is 2.47. The lowest BCUT2D eigenvalue weighted by Crippen LogP contribution is -2.34. The number of anilines is 1. The van der Waals surface area contributed by atoms with Crippen LogP contribution in [0.3, 0.4) is 0 Å². The number of aliphatic hydroxyl groups excluding tert-OH is 1. The predicted octanol–water partition coefficient (Wildman–Crippen LogP) is 8.26. The van der Waals surface area contributed by atoms with Crippen LogP contribution >= 0.6 is 0 Å². The minimum absolute atomic E-state index is 0.0137. The molecule has 3 rings (SSSR count). The Hall–Kier alpha value is -4.42. The van der Waals surface area contributed by atoms with Gasteiger partial charge < -0.3 is 14.7 Å². The van der Waals surface area contributed by atoms with E-state index in [1.165, 1.54) is 0 Å². The molecule has 1 N–H and O–H groups in total. The van der Waals surface area contributed by atoms with Gasteiger partial charge in [-0.3, -0.25) is 4.79 Å². The molecule has 214 valence electrons. The van der Waals surface area contributed by atoms with Crippen molar-refractivity contribution in [1.82, 2.24) is 0 Å². The Balaban J connectivity index is 1.60. The fourth-order valence-corrected chi connectivity index (χ4v) is 4.26. The maximum atomic E-state index is 12.6. The van der Waals surface area contributed by atoms with Gasteiger partial charge in [0.2, 0.25) is 0 Å². The van der Waals surface area contributed by atoms with Crippen LogP contribution in [0.25, 0.3) is 0 Å². The Kier molecular flexibility index (Phi) is 11.7. The maximum absolute atomic E-state index is 12.6. The minimum Gasteiger partial charge on any atom is -0.463 e. The van der Waals surface area contributed by atoms with E-state index in [-0.39, 0.29) is 19.2 Å². The summed E-state index contributed by atoms with van der Waals surface area (Å²) in [5, 5.41) is 35.7. The summed E-state index contributed by atoms with van der Waals surface area (Å²) < 4.78 is 5.61. The zero-order chi connectivity index (χ0) is 29.7. The van der Waals surface area contributed by atoms with Gasteiger partial charge in [-0.15, -0.1) is 0 Å². The Morgan fingerprint density at radius 2 is 1.54 bits per heavy atom. The standard InChI is InChI=1S/C32H38N6O3/c1-5-17-32(4,6-2)31(40)41-21-19-38(18-20-39)29-14-11-27(12-15-29)35-37-30-16-13-28(22-24(30)3)36-34-26-9-7-25(23-33)8-10-26/h7-16,22,39H,5-6,17-21H2,1-4H3. The number of carbonyl (C=O) groups excluding carboxylic acids is 1. The van der Waals surface area contributed by atoms with Crippen molar-refractivity contribution in [3.63, 3.8) is 0 Å². The van der Waals surface area contributed by atoms with Gasteiger partial charge in [0.1, 0.15) is 6.61 Å². The average molecular weight is 555 g/mol. The van der Waals surface area contributed by atoms with Crippen LogP contribution in [0, 0.1) is 23.7 Å². The van der Waals surface area contributed by atoms with Crippen molar-refractivity contribution in [2.75, 3.05) is 31.2 Å². The van der Waals surface area contributed by atoms with Crippen LogP contribution in [-0.4, -0.2) is 37.4 Å². The molecule has 0 aromatic heterocycles. The fraction of sp³-hybridized carbons (Fsp3) is 0.375. The van der Waals surface area contributed by atoms with Crippen LogP contribution in [0.1, 0.15) is 51.2 Å². The van der Waals surface area contributed by atoms with Crippen molar-refractivity contribution in [2.24, 2.45) is 25.9 Å². The highest BCUT2D eigenvalue weighted by Gasteiger charge is 2.31. The summed E-state index contributed by atoms with van der Waals surface area (Å²) in [5.74, 6) is -0.167. The van der Waals surface area contributed by atoms with Gasteiger partial charge in [-0.1, -0.05) is 20.3 Å². The quantitative estimate of drug-likeness (QED) is 0.159. The highest BCUT2D eigenvalue weighted by molar-refractivity contribution is 5.76. The fourth-order valence-electron chi connectivity index (χ4n) is 4.26. The lowest BCUT2D eigenvalue weighted by molar-refractivity contribution is -0.155. The van der Waals surface area contributed by atoms with Crippen molar-refractivity contribution in [3.8, 4) is 6.07 Å². The predicted molar refractivity (Wildman–Crippen MR) is 161 cm³/mol. The van der Waals surface area contributed by atoms with Crippen LogP contribution < -0.4 is 4.90 Å². The van der Waals surface area contributed by atoms with Gasteiger partial charge in [0.15, 0.2) is 0 Å². The third-order valence-corrected chi connectivity index (χ3v) is 6.98. The molecule has 3 aromatic carbocycles. The number of benzene rings is 3. The first-order chi connectivity index (χ1) is 19.8. The number of hydrogen-bond donors (Lipinski definition) is 1. The lowest BCUT2D eigenvalue weighted by Gasteiger charge is -2.27. The largest absolute Gasteiger partial charge is 0.463 e. The molecule has 0 aliphatic carbocycles. The molecule has 0 saturated carbocycles. The van der Waals surface area contributed by atoms with Crippen molar-refractivity contribution in [3.05, 3.63) is 77.9 Å². The molecule has 3 aromatic rings. The van der Waals surface area contributed by atoms with E-state index in [2.05, 4.69) is 33.4 Å². The summed E-state index contributed by atoms with van der Waals surface area (Å²) in [6, 6.07) is 22.1. The van der Waals surface area contributed by atoms with E-state index in [1.54, 1.807) is 24.3 Å². The molecule has 1 atom stereocenters. The topological polar surface area (TPSA) is 123 Å². The molecule has 1 unspecified atom stereocenters. The number of carbonyl (C=O) groups is 1. The number of aryl methyl sites for hydroxylation is 1. The first-order valence-electron chi connectivity index (χ1n) is 13.9. The van der Waals surface area contributed by atoms with Gasteiger partial charge in [-0.05, 0) is 99.0 Å². The molecule has 0 spiro atoms. The number of hydrogen-bond acceptors (Lipinski definition) is 9. The smallest absolute Gasteiger partial charge is 0.311 e. The van der Waals surface area contributed by atoms with E-state index >= 15 is 0 Å². The van der Waals surface area contributed by atoms with Gasteiger partial charge >= 0.3 is 5.97 Å². The van der Waals surface area contributed by atoms with Crippen molar-refractivity contribution in [1.29, 1.82) is 5.26 Å². The Labute approximate surface area is 242 Å². The third-order valence-electron chi connectivity index (χ3n) is 6.98. The van der Waals surface area contributed by atoms with E-state index in [0.717, 1.165) is 36.2 Å². The molecule has 9 nitrogen and oxygen atoms in total. The molecular formula is C32H38N6O3. The number of nitriles is 1. The summed E-state index contributed by atoms with van der Waals surface area (Å²) in [6.45, 7) is 9.11. The Morgan fingerprint density at radius 3 is 2.12 bits per heavy atom. The second-order valence-corrected chi connectivity index (χ2v) is 10.1. The summed E-state index contributed by atoms with van der Waals surface area (Å²) in [5.41, 5.74) is 4.68. The summed E-state index contributed by atoms with van der Waals surface area (Å²) >= 11 is 0. The number of ether oxygens (including phenoxy) is 1. The summed E-state index contributed by atoms with van der Waals surface area (Å²) in [4.78, 5) is 14.6. The highest BCUT2D eigenvalue weighted by Crippen LogP contribution is 2.30. The van der Waals surface area contributed by atoms with Gasteiger partial charge in [-0.2, -0.15) is 25.7 Å². The van der Waals surface area contributed by atoms with Crippen LogP contribution in [0.5, 0.6) is 0 Å². The number of azo groups is 2. The van der Waals surface area contributed by atoms with E-state index < -0.39 is 5.41 Å². The van der Waals surface area contributed by atoms with Gasteiger partial charge in [-0.25, -0.2) is 0 Å². The van der Waals surface area contributed by atoms with E-state index in [9.17, 15) is 9.90 Å². The highest BCUT2D eigenvalue weighted by atomic mass is 16.5. The molecule has 41 heavy (non-hydrogen) atoms. The first-order valence-corrected chi connectivity index (χ1v) is 13.9. The monoisotopic (exact) mass is 554 g/mol. The second-order valence-electron chi connectivity index (χ2n) is 10.1. The molecule has 0 bridgehead atoms. The zero-order valence-electron chi connectivity index (χ0n) is 24.2. The van der Waals surface area contributed by atoms with E-state index in [0.29, 0.717) is 35.7 Å². The number of esters is 1. The molecule has 0 amide bonds. The minimum atomic E-state index is -0.460. The molecule has 0 heterocycles. The molecule has 0 radical (unpaired) electrons. The zero-order valence-corrected chi connectivity index (χ0v) is 24.2. The molecule has 0 saturated heterocycles. The van der Waals surface area contributed by atoms with Crippen LogP contribution in [0.15, 0.2) is 87.2 Å². The van der Waals surface area contributed by atoms with Crippen LogP contribution in [0.4, 0.5) is 28.4 Å². The normalized spacial score (nSPS) is 12.8. The van der Waals surface area contributed by atoms with Gasteiger partial charge in [0.25, 0.3) is 0 Å².